The van der Waals surface area contributed by atoms with Gasteiger partial charge in [-0.1, -0.05) is 146 Å². The second-order valence-corrected chi connectivity index (χ2v) is 14.8. The molecular weight excluding hydrogens is 723 g/mol. The first kappa shape index (κ1) is 32.9. The highest BCUT2D eigenvalue weighted by atomic mass is 16.3. The van der Waals surface area contributed by atoms with Crippen molar-refractivity contribution in [1.82, 2.24) is 19.1 Å². The van der Waals surface area contributed by atoms with Crippen molar-refractivity contribution in [1.29, 1.82) is 5.26 Å². The number of furan rings is 1. The number of aromatic nitrogens is 4. The number of fused-ring (bicyclic) bond motifs is 9. The van der Waals surface area contributed by atoms with Crippen LogP contribution in [0.3, 0.4) is 0 Å². The van der Waals surface area contributed by atoms with Gasteiger partial charge in [-0.2, -0.15) is 5.26 Å². The molecule has 8 aromatic carbocycles. The number of hydrogen-bond acceptors (Lipinski definition) is 4. The van der Waals surface area contributed by atoms with E-state index in [1.807, 2.05) is 66.7 Å². The SMILES string of the molecule is N#Cc1c(-n2c3ccccc3c3ccccc32)c(-n2c3ccccc3c3ccccc32)cc2oc3c(-c4cc(-c5ccccc5)nc(-c5ccccc5)n4)cccc3c12. The van der Waals surface area contributed by atoms with Gasteiger partial charge in [0.15, 0.2) is 5.82 Å². The Labute approximate surface area is 338 Å². The van der Waals surface area contributed by atoms with E-state index in [9.17, 15) is 5.26 Å². The van der Waals surface area contributed by atoms with Crippen LogP contribution in [0.4, 0.5) is 0 Å². The maximum Gasteiger partial charge on any atom is 0.160 e. The van der Waals surface area contributed by atoms with Gasteiger partial charge in [-0.3, -0.25) is 0 Å². The minimum absolute atomic E-state index is 0.527. The predicted octanol–water partition coefficient (Wildman–Crippen LogP) is 13.4. The van der Waals surface area contributed by atoms with Crippen molar-refractivity contribution in [3.8, 4) is 51.3 Å². The molecule has 274 valence electrons. The first-order valence-corrected chi connectivity index (χ1v) is 19.6. The molecule has 0 unspecified atom stereocenters. The van der Waals surface area contributed by atoms with Crippen molar-refractivity contribution >= 4 is 65.6 Å². The molecule has 12 rings (SSSR count). The molecule has 59 heavy (non-hydrogen) atoms. The molecule has 6 heteroatoms. The van der Waals surface area contributed by atoms with Gasteiger partial charge in [0.25, 0.3) is 0 Å². The largest absolute Gasteiger partial charge is 0.455 e. The lowest BCUT2D eigenvalue weighted by molar-refractivity contribution is 0.669. The highest BCUT2D eigenvalue weighted by Gasteiger charge is 2.27. The minimum Gasteiger partial charge on any atom is -0.455 e. The van der Waals surface area contributed by atoms with Crippen molar-refractivity contribution < 1.29 is 4.42 Å². The number of nitriles is 1. The van der Waals surface area contributed by atoms with Crippen molar-refractivity contribution in [2.75, 3.05) is 0 Å². The van der Waals surface area contributed by atoms with E-state index >= 15 is 0 Å². The second-order valence-electron chi connectivity index (χ2n) is 14.8. The minimum atomic E-state index is 0.527. The third-order valence-electron chi connectivity index (χ3n) is 11.6. The Balaban J connectivity index is 1.22. The summed E-state index contributed by atoms with van der Waals surface area (Å²) in [4.78, 5) is 10.2. The van der Waals surface area contributed by atoms with Crippen molar-refractivity contribution in [2.24, 2.45) is 0 Å². The highest BCUT2D eigenvalue weighted by molar-refractivity contribution is 6.17. The van der Waals surface area contributed by atoms with Crippen LogP contribution >= 0.6 is 0 Å². The van der Waals surface area contributed by atoms with Crippen LogP contribution in [0.5, 0.6) is 0 Å². The summed E-state index contributed by atoms with van der Waals surface area (Å²) in [5.41, 5.74) is 11.8. The molecule has 0 amide bonds. The topological polar surface area (TPSA) is 72.6 Å². The zero-order valence-electron chi connectivity index (χ0n) is 31.5. The fourth-order valence-electron chi connectivity index (χ4n) is 9.05. The second kappa shape index (κ2) is 12.9. The first-order valence-electron chi connectivity index (χ1n) is 19.6. The van der Waals surface area contributed by atoms with Gasteiger partial charge in [-0.05, 0) is 36.4 Å². The molecule has 0 atom stereocenters. The normalized spacial score (nSPS) is 11.7. The molecule has 4 heterocycles. The molecule has 0 aliphatic heterocycles. The van der Waals surface area contributed by atoms with E-state index in [1.54, 1.807) is 0 Å². The van der Waals surface area contributed by atoms with E-state index in [0.29, 0.717) is 22.6 Å². The Hall–Kier alpha value is -8.27. The fraction of sp³-hybridized carbons (Fsp3) is 0. The molecule has 12 aromatic rings. The average molecular weight is 754 g/mol. The number of hydrogen-bond donors (Lipinski definition) is 0. The highest BCUT2D eigenvalue weighted by Crippen LogP contribution is 2.45. The molecule has 0 fully saturated rings. The Bertz CT molecular complexity index is 3520. The molecular formula is C53H31N5O. The molecule has 0 saturated heterocycles. The van der Waals surface area contributed by atoms with E-state index in [4.69, 9.17) is 14.4 Å². The fourth-order valence-corrected chi connectivity index (χ4v) is 9.05. The third-order valence-corrected chi connectivity index (χ3v) is 11.6. The van der Waals surface area contributed by atoms with Gasteiger partial charge >= 0.3 is 0 Å². The van der Waals surface area contributed by atoms with Crippen LogP contribution in [0.25, 0.3) is 111 Å². The molecule has 0 aliphatic carbocycles. The lowest BCUT2D eigenvalue weighted by Gasteiger charge is -2.18. The van der Waals surface area contributed by atoms with Crippen LogP contribution in [0.2, 0.25) is 0 Å². The molecule has 0 saturated carbocycles. The molecule has 0 bridgehead atoms. The van der Waals surface area contributed by atoms with Crippen LogP contribution in [-0.2, 0) is 0 Å². The summed E-state index contributed by atoms with van der Waals surface area (Å²) in [7, 11) is 0. The van der Waals surface area contributed by atoms with Crippen molar-refractivity contribution in [3.63, 3.8) is 0 Å². The summed E-state index contributed by atoms with van der Waals surface area (Å²) in [6, 6.07) is 67.1. The van der Waals surface area contributed by atoms with Crippen LogP contribution in [-0.4, -0.2) is 19.1 Å². The number of para-hydroxylation sites is 5. The molecule has 0 radical (unpaired) electrons. The molecule has 0 N–H and O–H groups in total. The van der Waals surface area contributed by atoms with Crippen LogP contribution in [0.1, 0.15) is 5.56 Å². The Morgan fingerprint density at radius 3 is 1.53 bits per heavy atom. The van der Waals surface area contributed by atoms with Gasteiger partial charge in [0.05, 0.1) is 50.4 Å². The summed E-state index contributed by atoms with van der Waals surface area (Å²) in [6.07, 6.45) is 0. The van der Waals surface area contributed by atoms with E-state index in [0.717, 1.165) is 93.8 Å². The predicted molar refractivity (Wildman–Crippen MR) is 239 cm³/mol. The van der Waals surface area contributed by atoms with Crippen LogP contribution < -0.4 is 0 Å². The lowest BCUT2D eigenvalue weighted by Crippen LogP contribution is -2.06. The number of benzene rings is 8. The summed E-state index contributed by atoms with van der Waals surface area (Å²) < 4.78 is 11.6. The quantitative estimate of drug-likeness (QED) is 0.175. The van der Waals surface area contributed by atoms with Crippen LogP contribution in [0.15, 0.2) is 192 Å². The monoisotopic (exact) mass is 753 g/mol. The smallest absolute Gasteiger partial charge is 0.160 e. The maximum absolute atomic E-state index is 11.6. The van der Waals surface area contributed by atoms with E-state index < -0.39 is 0 Å². The van der Waals surface area contributed by atoms with Gasteiger partial charge in [0, 0.05) is 55.1 Å². The molecule has 0 aliphatic rings. The Morgan fingerprint density at radius 1 is 0.458 bits per heavy atom. The van der Waals surface area contributed by atoms with Gasteiger partial charge in [-0.15, -0.1) is 0 Å². The molecule has 0 spiro atoms. The van der Waals surface area contributed by atoms with Gasteiger partial charge in [-0.25, -0.2) is 9.97 Å². The third kappa shape index (κ3) is 4.92. The summed E-state index contributed by atoms with van der Waals surface area (Å²) in [5, 5.41) is 17.7. The van der Waals surface area contributed by atoms with Crippen molar-refractivity contribution in [2.45, 2.75) is 0 Å². The van der Waals surface area contributed by atoms with Crippen molar-refractivity contribution in [3.05, 3.63) is 194 Å². The summed E-state index contributed by atoms with van der Waals surface area (Å²) in [5.74, 6) is 0.620. The summed E-state index contributed by atoms with van der Waals surface area (Å²) in [6.45, 7) is 0. The summed E-state index contributed by atoms with van der Waals surface area (Å²) >= 11 is 0. The zero-order valence-corrected chi connectivity index (χ0v) is 31.5. The van der Waals surface area contributed by atoms with E-state index in [2.05, 4.69) is 137 Å². The molecule has 4 aromatic heterocycles. The zero-order chi connectivity index (χ0) is 39.0. The Kier molecular flexibility index (Phi) is 7.19. The number of nitrogens with zero attached hydrogens (tertiary/aromatic N) is 5. The maximum atomic E-state index is 11.6. The lowest BCUT2D eigenvalue weighted by atomic mass is 10.00. The first-order chi connectivity index (χ1) is 29.2. The van der Waals surface area contributed by atoms with Gasteiger partial charge in [0.1, 0.15) is 17.2 Å². The average Bonchev–Trinajstić information content (AvgIpc) is 3.96. The Morgan fingerprint density at radius 2 is 0.949 bits per heavy atom. The van der Waals surface area contributed by atoms with Crippen LogP contribution in [0, 0.1) is 11.3 Å². The molecule has 6 nitrogen and oxygen atoms in total. The number of rotatable bonds is 5. The van der Waals surface area contributed by atoms with E-state index in [1.165, 1.54) is 0 Å². The van der Waals surface area contributed by atoms with E-state index in [-0.39, 0.29) is 0 Å². The van der Waals surface area contributed by atoms with Gasteiger partial charge < -0.3 is 13.6 Å². The standard InChI is InChI=1S/C53H31N5O/c54-32-41-50-40-25-15-24-39(43-30-42(33-16-3-1-4-17-33)55-53(56-43)34-18-5-2-6-19-34)52(40)59-49(50)31-48(57-44-26-11-7-20-35(44)36-21-8-12-27-45(36)57)51(41)58-46-28-13-9-22-37(46)38-23-10-14-29-47(38)58/h1-31H. The van der Waals surface area contributed by atoms with Gasteiger partial charge in [0.2, 0.25) is 0 Å².